The first-order valence-electron chi connectivity index (χ1n) is 8.31. The quantitative estimate of drug-likeness (QED) is 0.719. The van der Waals surface area contributed by atoms with Gasteiger partial charge in [-0.3, -0.25) is 14.8 Å². The first-order valence-corrected chi connectivity index (χ1v) is 8.31. The molecule has 4 heterocycles. The van der Waals surface area contributed by atoms with Gasteiger partial charge in [-0.05, 0) is 18.2 Å². The van der Waals surface area contributed by atoms with Crippen molar-refractivity contribution in [1.29, 1.82) is 0 Å². The van der Waals surface area contributed by atoms with E-state index in [9.17, 15) is 9.90 Å². The van der Waals surface area contributed by atoms with Crippen molar-refractivity contribution >= 4 is 11.6 Å². The summed E-state index contributed by atoms with van der Waals surface area (Å²) >= 11 is 0. The number of aromatic nitrogens is 4. The van der Waals surface area contributed by atoms with Crippen molar-refractivity contribution in [3.63, 3.8) is 0 Å². The zero-order chi connectivity index (χ0) is 17.2. The molecule has 3 aromatic rings. The normalized spacial score (nSPS) is 19.2. The molecular formula is C17H20N6O2. The number of H-pyrrole nitrogens is 1. The van der Waals surface area contributed by atoms with Gasteiger partial charge in [-0.2, -0.15) is 5.10 Å². The van der Waals surface area contributed by atoms with E-state index in [4.69, 9.17) is 0 Å². The summed E-state index contributed by atoms with van der Waals surface area (Å²) in [6.45, 7) is 2.72. The minimum absolute atomic E-state index is 0.133. The number of aliphatic hydroxyl groups is 1. The van der Waals surface area contributed by atoms with Gasteiger partial charge in [0.2, 0.25) is 0 Å². The van der Waals surface area contributed by atoms with Crippen LogP contribution in [0, 0.1) is 0 Å². The molecule has 0 aromatic carbocycles. The second-order valence-electron chi connectivity index (χ2n) is 6.31. The summed E-state index contributed by atoms with van der Waals surface area (Å²) in [5.74, 6) is -0.133. The van der Waals surface area contributed by atoms with Crippen LogP contribution >= 0.6 is 0 Å². The Kier molecular flexibility index (Phi) is 4.21. The van der Waals surface area contributed by atoms with E-state index >= 15 is 0 Å². The second-order valence-corrected chi connectivity index (χ2v) is 6.31. The van der Waals surface area contributed by atoms with E-state index in [1.807, 2.05) is 35.0 Å². The first kappa shape index (κ1) is 15.8. The Labute approximate surface area is 144 Å². The van der Waals surface area contributed by atoms with Gasteiger partial charge in [0, 0.05) is 51.3 Å². The lowest BCUT2D eigenvalue weighted by atomic mass is 10.3. The zero-order valence-electron chi connectivity index (χ0n) is 13.7. The van der Waals surface area contributed by atoms with Crippen LogP contribution in [-0.4, -0.2) is 72.7 Å². The molecule has 25 heavy (non-hydrogen) atoms. The molecule has 1 aliphatic heterocycles. The molecule has 1 atom stereocenters. The van der Waals surface area contributed by atoms with Crippen LogP contribution in [0.5, 0.6) is 0 Å². The fraction of sp³-hybridized carbons (Fsp3) is 0.353. The second kappa shape index (κ2) is 6.66. The molecule has 0 unspecified atom stereocenters. The third-order valence-corrected chi connectivity index (χ3v) is 4.40. The van der Waals surface area contributed by atoms with Crippen molar-refractivity contribution in [2.24, 2.45) is 0 Å². The van der Waals surface area contributed by atoms with Gasteiger partial charge in [0.05, 0.1) is 11.8 Å². The number of carbonyl (C=O) groups excluding carboxylic acids is 1. The summed E-state index contributed by atoms with van der Waals surface area (Å²) in [5, 5.41) is 16.8. The highest BCUT2D eigenvalue weighted by molar-refractivity contribution is 5.92. The van der Waals surface area contributed by atoms with Crippen molar-refractivity contribution < 1.29 is 9.90 Å². The minimum Gasteiger partial charge on any atom is -0.390 e. The Morgan fingerprint density at radius 3 is 3.00 bits per heavy atom. The molecule has 0 radical (unpaired) electrons. The van der Waals surface area contributed by atoms with E-state index in [-0.39, 0.29) is 5.91 Å². The van der Waals surface area contributed by atoms with Crippen LogP contribution in [0.1, 0.15) is 16.2 Å². The molecule has 8 nitrogen and oxygen atoms in total. The number of aromatic amines is 1. The number of imidazole rings is 1. The van der Waals surface area contributed by atoms with Crippen molar-refractivity contribution in [3.05, 3.63) is 54.2 Å². The monoisotopic (exact) mass is 340 g/mol. The zero-order valence-corrected chi connectivity index (χ0v) is 13.7. The van der Waals surface area contributed by atoms with E-state index in [1.54, 1.807) is 17.2 Å². The number of rotatable bonds is 3. The van der Waals surface area contributed by atoms with E-state index in [0.29, 0.717) is 38.4 Å². The van der Waals surface area contributed by atoms with Gasteiger partial charge < -0.3 is 14.4 Å². The Hall–Kier alpha value is -2.71. The van der Waals surface area contributed by atoms with Crippen LogP contribution in [0.4, 0.5) is 0 Å². The van der Waals surface area contributed by atoms with E-state index in [2.05, 4.69) is 20.1 Å². The third-order valence-electron chi connectivity index (χ3n) is 4.40. The topological polar surface area (TPSA) is 89.8 Å². The lowest BCUT2D eigenvalue weighted by Crippen LogP contribution is -2.37. The van der Waals surface area contributed by atoms with Crippen LogP contribution in [0.15, 0.2) is 42.9 Å². The summed E-state index contributed by atoms with van der Waals surface area (Å²) in [5.41, 5.74) is 2.30. The minimum atomic E-state index is -0.591. The maximum Gasteiger partial charge on any atom is 0.271 e. The molecule has 2 N–H and O–H groups in total. The molecular weight excluding hydrogens is 320 g/mol. The highest BCUT2D eigenvalue weighted by atomic mass is 16.3. The van der Waals surface area contributed by atoms with Gasteiger partial charge in [0.25, 0.3) is 5.91 Å². The van der Waals surface area contributed by atoms with Crippen molar-refractivity contribution in [3.8, 4) is 0 Å². The molecule has 4 rings (SSSR count). The first-order chi connectivity index (χ1) is 12.2. The number of hydrogen-bond donors (Lipinski definition) is 2. The number of nitrogens with one attached hydrogen (secondary N) is 1. The van der Waals surface area contributed by atoms with Gasteiger partial charge in [0.1, 0.15) is 11.3 Å². The van der Waals surface area contributed by atoms with Gasteiger partial charge >= 0.3 is 0 Å². The Morgan fingerprint density at radius 1 is 1.28 bits per heavy atom. The highest BCUT2D eigenvalue weighted by Gasteiger charge is 2.26. The Morgan fingerprint density at radius 2 is 2.20 bits per heavy atom. The lowest BCUT2D eigenvalue weighted by Gasteiger charge is -2.20. The molecule has 8 heteroatoms. The number of amides is 1. The number of nitrogens with zero attached hydrogens (tertiary/aromatic N) is 5. The number of β-amino-alcohol motifs (C(OH)–C–C–N with tert-alkyl or cyclic N) is 1. The van der Waals surface area contributed by atoms with Crippen LogP contribution in [0.3, 0.4) is 0 Å². The van der Waals surface area contributed by atoms with E-state index < -0.39 is 6.10 Å². The van der Waals surface area contributed by atoms with Crippen LogP contribution < -0.4 is 0 Å². The van der Waals surface area contributed by atoms with Crippen LogP contribution in [0.25, 0.3) is 5.65 Å². The number of pyridine rings is 1. The van der Waals surface area contributed by atoms with Gasteiger partial charge in [-0.15, -0.1) is 0 Å². The summed E-state index contributed by atoms with van der Waals surface area (Å²) < 4.78 is 1.98. The maximum absolute atomic E-state index is 12.5. The van der Waals surface area contributed by atoms with Crippen LogP contribution in [0.2, 0.25) is 0 Å². The summed E-state index contributed by atoms with van der Waals surface area (Å²) in [6.07, 6.45) is 4.93. The molecule has 1 fully saturated rings. The van der Waals surface area contributed by atoms with Crippen LogP contribution in [-0.2, 0) is 6.54 Å². The standard InChI is InChI=1S/C17H20N6O2/c24-14-11-21(9-13-10-22-6-2-1-3-16(22)19-13)7-8-23(12-14)17(25)15-4-5-18-20-15/h1-6,10,14,24H,7-9,11-12H2,(H,18,20)/t14-/m1/s1. The SMILES string of the molecule is O=C(c1ccn[nH]1)N1CCN(Cc2cn3ccccc3n2)C[C@@H](O)C1. The van der Waals surface area contributed by atoms with E-state index in [1.165, 1.54) is 0 Å². The molecule has 0 spiro atoms. The average molecular weight is 340 g/mol. The predicted molar refractivity (Wildman–Crippen MR) is 91.0 cm³/mol. The van der Waals surface area contributed by atoms with Gasteiger partial charge in [-0.1, -0.05) is 6.07 Å². The molecule has 130 valence electrons. The molecule has 1 aliphatic rings. The lowest BCUT2D eigenvalue weighted by molar-refractivity contribution is 0.0657. The number of carbonyl (C=O) groups is 1. The molecule has 1 amide bonds. The third kappa shape index (κ3) is 3.40. The fourth-order valence-electron chi connectivity index (χ4n) is 3.22. The number of aliphatic hydroxyl groups excluding tert-OH is 1. The Balaban J connectivity index is 1.44. The van der Waals surface area contributed by atoms with Crippen molar-refractivity contribution in [2.45, 2.75) is 12.6 Å². The summed E-state index contributed by atoms with van der Waals surface area (Å²) in [4.78, 5) is 20.9. The predicted octanol–water partition coefficient (Wildman–Crippen LogP) is 0.376. The van der Waals surface area contributed by atoms with Gasteiger partial charge in [0.15, 0.2) is 0 Å². The fourth-order valence-corrected chi connectivity index (χ4v) is 3.22. The van der Waals surface area contributed by atoms with E-state index in [0.717, 1.165) is 11.3 Å². The molecule has 3 aromatic heterocycles. The summed E-state index contributed by atoms with van der Waals surface area (Å²) in [6, 6.07) is 7.54. The van der Waals surface area contributed by atoms with Gasteiger partial charge in [-0.25, -0.2) is 4.98 Å². The number of fused-ring (bicyclic) bond motifs is 1. The molecule has 0 bridgehead atoms. The smallest absolute Gasteiger partial charge is 0.271 e. The average Bonchev–Trinajstić information content (AvgIpc) is 3.22. The highest BCUT2D eigenvalue weighted by Crippen LogP contribution is 2.12. The summed E-state index contributed by atoms with van der Waals surface area (Å²) in [7, 11) is 0. The van der Waals surface area contributed by atoms with Crippen molar-refractivity contribution in [1.82, 2.24) is 29.4 Å². The molecule has 1 saturated heterocycles. The number of hydrogen-bond acceptors (Lipinski definition) is 5. The maximum atomic E-state index is 12.5. The molecule has 0 aliphatic carbocycles. The Bertz CT molecular complexity index is 826. The molecule has 0 saturated carbocycles. The largest absolute Gasteiger partial charge is 0.390 e. The van der Waals surface area contributed by atoms with Crippen molar-refractivity contribution in [2.75, 3.05) is 26.2 Å².